The molecule has 65 heavy (non-hydrogen) atoms. The number of phosphoric acid groups is 1. The van der Waals surface area contributed by atoms with Gasteiger partial charge in [0, 0.05) is 13.0 Å². The van der Waals surface area contributed by atoms with Gasteiger partial charge in [0.25, 0.3) is 0 Å². The Labute approximate surface area is 394 Å². The second-order valence-corrected chi connectivity index (χ2v) is 19.1. The zero-order valence-corrected chi connectivity index (χ0v) is 41.4. The molecule has 6 N–H and O–H groups in total. The highest BCUT2D eigenvalue weighted by atomic mass is 31.2. The summed E-state index contributed by atoms with van der Waals surface area (Å²) in [4.78, 5) is 23.2. The van der Waals surface area contributed by atoms with Gasteiger partial charge in [-0.1, -0.05) is 177 Å². The molecule has 0 spiro atoms. The van der Waals surface area contributed by atoms with E-state index in [1.807, 2.05) is 0 Å². The maximum Gasteiger partial charge on any atom is 0.472 e. The van der Waals surface area contributed by atoms with Gasteiger partial charge in [-0.05, 0) is 77.0 Å². The summed E-state index contributed by atoms with van der Waals surface area (Å²) in [6.45, 7) is 4.18. The third kappa shape index (κ3) is 34.1. The Morgan fingerprint density at radius 3 is 1.35 bits per heavy atom. The summed E-state index contributed by atoms with van der Waals surface area (Å²) < 4.78 is 34.3. The molecule has 0 heterocycles. The first-order valence-electron chi connectivity index (χ1n) is 25.6. The molecule has 12 nitrogen and oxygen atoms in total. The average molecular weight is 941 g/mol. The molecule has 0 radical (unpaired) electrons. The van der Waals surface area contributed by atoms with Crippen LogP contribution < -0.4 is 0 Å². The van der Waals surface area contributed by atoms with E-state index < -0.39 is 63.1 Å². The van der Waals surface area contributed by atoms with Crippen LogP contribution in [0, 0.1) is 0 Å². The number of phosphoric ester groups is 1. The number of hydrogen-bond donors (Lipinski definition) is 6. The third-order valence-corrected chi connectivity index (χ3v) is 12.6. The van der Waals surface area contributed by atoms with Crippen molar-refractivity contribution in [2.24, 2.45) is 0 Å². The van der Waals surface area contributed by atoms with Crippen molar-refractivity contribution in [3.8, 4) is 0 Å². The molecular weight excluding hydrogens is 848 g/mol. The Morgan fingerprint density at radius 1 is 0.492 bits per heavy atom. The van der Waals surface area contributed by atoms with E-state index in [1.54, 1.807) is 0 Å². The molecule has 1 aliphatic carbocycles. The lowest BCUT2D eigenvalue weighted by Crippen LogP contribution is -2.64. The van der Waals surface area contributed by atoms with E-state index in [0.717, 1.165) is 96.3 Å². The molecule has 0 aromatic carbocycles. The molecule has 0 bridgehead atoms. The van der Waals surface area contributed by atoms with Crippen LogP contribution in [0.5, 0.6) is 0 Å². The molecule has 1 rings (SSSR count). The number of carbonyl (C=O) groups excluding carboxylic acids is 1. The number of unbranched alkanes of at least 4 members (excludes halogenated alkanes) is 21. The molecule has 1 fully saturated rings. The van der Waals surface area contributed by atoms with Crippen LogP contribution in [-0.2, 0) is 27.9 Å². The van der Waals surface area contributed by atoms with E-state index in [4.69, 9.17) is 18.5 Å². The highest BCUT2D eigenvalue weighted by Gasteiger charge is 2.51. The smallest absolute Gasteiger partial charge is 0.457 e. The maximum atomic E-state index is 12.8. The summed E-state index contributed by atoms with van der Waals surface area (Å²) in [6, 6.07) is 0. The standard InChI is InChI=1S/C52H93O12P/c1-3-5-7-9-11-13-15-17-19-20-21-22-23-24-25-26-27-29-31-33-35-37-39-41-46(53)63-45(44-62-65(59,60)64-52-50(57)48(55)47(54)49(56)51(52)58)43-61-42-40-38-36-34-32-30-28-18-16-14-12-10-8-6-4-2/h10,12,15-18,20-21,23-24,45,47-52,54-58H,3-9,11,13-14,19,22,25-44H2,1-2H3,(H,59,60)/b12-10-,17-15-,18-16-,21-20-,24-23-. The van der Waals surface area contributed by atoms with Gasteiger partial charge in [0.05, 0.1) is 13.2 Å². The predicted octanol–water partition coefficient (Wildman–Crippen LogP) is 11.4. The van der Waals surface area contributed by atoms with E-state index in [-0.39, 0.29) is 13.0 Å². The molecule has 0 amide bonds. The van der Waals surface area contributed by atoms with Crippen LogP contribution in [0.3, 0.4) is 0 Å². The first kappa shape index (κ1) is 61.1. The van der Waals surface area contributed by atoms with Gasteiger partial charge >= 0.3 is 13.8 Å². The number of aliphatic hydroxyl groups excluding tert-OH is 5. The monoisotopic (exact) mass is 941 g/mol. The van der Waals surface area contributed by atoms with Gasteiger partial charge in [-0.25, -0.2) is 4.57 Å². The molecule has 0 aromatic heterocycles. The number of hydrogen-bond acceptors (Lipinski definition) is 11. The van der Waals surface area contributed by atoms with Crippen molar-refractivity contribution >= 4 is 13.8 Å². The quantitative estimate of drug-likeness (QED) is 0.0147. The topological polar surface area (TPSA) is 192 Å². The van der Waals surface area contributed by atoms with Crippen LogP contribution in [0.15, 0.2) is 60.8 Å². The second kappa shape index (κ2) is 42.2. The average Bonchev–Trinajstić information content (AvgIpc) is 3.29. The van der Waals surface area contributed by atoms with E-state index in [0.29, 0.717) is 13.0 Å². The summed E-state index contributed by atoms with van der Waals surface area (Å²) in [6.07, 6.45) is 41.4. The van der Waals surface area contributed by atoms with Crippen LogP contribution in [0.2, 0.25) is 0 Å². The Balaban J connectivity index is 2.35. The Morgan fingerprint density at radius 2 is 0.877 bits per heavy atom. The van der Waals surface area contributed by atoms with Crippen LogP contribution in [0.25, 0.3) is 0 Å². The first-order valence-corrected chi connectivity index (χ1v) is 27.1. The van der Waals surface area contributed by atoms with Crippen LogP contribution >= 0.6 is 7.82 Å². The molecule has 0 aliphatic heterocycles. The fraction of sp³-hybridized carbons (Fsp3) is 0.788. The normalized spacial score (nSPS) is 22.0. The number of esters is 1. The van der Waals surface area contributed by atoms with Crippen molar-refractivity contribution in [3.05, 3.63) is 60.8 Å². The van der Waals surface area contributed by atoms with Gasteiger partial charge in [0.1, 0.15) is 42.7 Å². The minimum Gasteiger partial charge on any atom is -0.457 e. The predicted molar refractivity (Wildman–Crippen MR) is 262 cm³/mol. The molecule has 6 atom stereocenters. The fourth-order valence-electron chi connectivity index (χ4n) is 7.50. The number of carbonyl (C=O) groups is 1. The van der Waals surface area contributed by atoms with Crippen molar-refractivity contribution in [3.63, 3.8) is 0 Å². The summed E-state index contributed by atoms with van der Waals surface area (Å²) >= 11 is 0. The van der Waals surface area contributed by atoms with Gasteiger partial charge in [0.15, 0.2) is 0 Å². The van der Waals surface area contributed by atoms with Gasteiger partial charge < -0.3 is 39.9 Å². The van der Waals surface area contributed by atoms with Gasteiger partial charge in [0.2, 0.25) is 0 Å². The van der Waals surface area contributed by atoms with Crippen LogP contribution in [0.4, 0.5) is 0 Å². The largest absolute Gasteiger partial charge is 0.472 e. The number of ether oxygens (including phenoxy) is 2. The van der Waals surface area contributed by atoms with E-state index in [9.17, 15) is 39.8 Å². The summed E-state index contributed by atoms with van der Waals surface area (Å²) in [7, 11) is -5.03. The molecule has 1 aliphatic rings. The Hall–Kier alpha value is -1.96. The number of aliphatic hydroxyl groups is 5. The lowest BCUT2D eigenvalue weighted by Gasteiger charge is -2.41. The second-order valence-electron chi connectivity index (χ2n) is 17.7. The molecule has 6 unspecified atom stereocenters. The SMILES string of the molecule is CCCC/C=C\C/C=C\CCCCCCCCOCC(COP(=O)(O)OC1C(O)C(O)C(O)C(O)C1O)OC(=O)CCCCCCCCCC/C=C\C/C=C\C/C=C\CCCCCCC. The lowest BCUT2D eigenvalue weighted by molar-refractivity contribution is -0.220. The van der Waals surface area contributed by atoms with E-state index >= 15 is 0 Å². The molecular formula is C52H93O12P. The first-order chi connectivity index (χ1) is 31.5. The number of rotatable bonds is 43. The highest BCUT2D eigenvalue weighted by molar-refractivity contribution is 7.47. The van der Waals surface area contributed by atoms with Crippen LogP contribution in [-0.4, -0.2) is 98.9 Å². The van der Waals surface area contributed by atoms with Gasteiger partial charge in [-0.2, -0.15) is 0 Å². The minimum absolute atomic E-state index is 0.0891. The molecule has 13 heteroatoms. The van der Waals surface area contributed by atoms with Gasteiger partial charge in [-0.15, -0.1) is 0 Å². The van der Waals surface area contributed by atoms with E-state index in [1.165, 1.54) is 77.0 Å². The minimum atomic E-state index is -5.03. The Kier molecular flexibility index (Phi) is 39.6. The van der Waals surface area contributed by atoms with Crippen molar-refractivity contribution in [1.82, 2.24) is 0 Å². The summed E-state index contributed by atoms with van der Waals surface area (Å²) in [5.41, 5.74) is 0. The zero-order valence-electron chi connectivity index (χ0n) is 40.5. The van der Waals surface area contributed by atoms with E-state index in [2.05, 4.69) is 74.6 Å². The Bertz CT molecular complexity index is 1300. The molecule has 0 saturated heterocycles. The zero-order chi connectivity index (χ0) is 47.6. The van der Waals surface area contributed by atoms with Gasteiger partial charge in [-0.3, -0.25) is 13.8 Å². The third-order valence-electron chi connectivity index (χ3n) is 11.6. The lowest BCUT2D eigenvalue weighted by atomic mass is 9.85. The van der Waals surface area contributed by atoms with Crippen molar-refractivity contribution < 1.29 is 58.3 Å². The van der Waals surface area contributed by atoms with Crippen molar-refractivity contribution in [2.45, 2.75) is 243 Å². The van der Waals surface area contributed by atoms with Crippen LogP contribution in [0.1, 0.15) is 200 Å². The number of allylic oxidation sites excluding steroid dienone is 10. The summed E-state index contributed by atoms with van der Waals surface area (Å²) in [5.74, 6) is -0.489. The van der Waals surface area contributed by atoms with Crippen molar-refractivity contribution in [2.75, 3.05) is 19.8 Å². The van der Waals surface area contributed by atoms with Crippen molar-refractivity contribution in [1.29, 1.82) is 0 Å². The maximum absolute atomic E-state index is 12.8. The summed E-state index contributed by atoms with van der Waals surface area (Å²) in [5, 5.41) is 50.3. The highest BCUT2D eigenvalue weighted by Crippen LogP contribution is 2.47. The fourth-order valence-corrected chi connectivity index (χ4v) is 8.47. The molecule has 0 aromatic rings. The molecule has 1 saturated carbocycles. The molecule has 378 valence electrons.